The van der Waals surface area contributed by atoms with Gasteiger partial charge in [-0.15, -0.1) is 12.4 Å². The van der Waals surface area contributed by atoms with Crippen molar-refractivity contribution >= 4 is 29.8 Å². The molecule has 2 aromatic rings. The Labute approximate surface area is 129 Å². The highest BCUT2D eigenvalue weighted by atomic mass is 35.5. The van der Waals surface area contributed by atoms with Gasteiger partial charge in [0.2, 0.25) is 0 Å². The number of rotatable bonds is 1. The van der Waals surface area contributed by atoms with E-state index in [4.69, 9.17) is 17.3 Å². The van der Waals surface area contributed by atoms with E-state index in [1.54, 1.807) is 0 Å². The summed E-state index contributed by atoms with van der Waals surface area (Å²) in [4.78, 5) is 4.57. The Hall–Kier alpha value is -1.55. The summed E-state index contributed by atoms with van der Waals surface area (Å²) in [5.41, 5.74) is 9.54. The SMILES string of the molecule is Cl.NC1=NC(c2ccc(Cl)cc2)c2ccccc2C1.O. The van der Waals surface area contributed by atoms with Crippen LogP contribution in [0.3, 0.4) is 0 Å². The molecule has 3 nitrogen and oxygen atoms in total. The van der Waals surface area contributed by atoms with E-state index in [0.29, 0.717) is 5.84 Å². The van der Waals surface area contributed by atoms with E-state index >= 15 is 0 Å². The van der Waals surface area contributed by atoms with Crippen LogP contribution in [0, 0.1) is 0 Å². The van der Waals surface area contributed by atoms with Crippen LogP contribution in [0.15, 0.2) is 53.5 Å². The van der Waals surface area contributed by atoms with Crippen molar-refractivity contribution in [3.63, 3.8) is 0 Å². The van der Waals surface area contributed by atoms with Crippen molar-refractivity contribution in [2.75, 3.05) is 0 Å². The molecule has 0 aromatic heterocycles. The smallest absolute Gasteiger partial charge is 0.102 e. The van der Waals surface area contributed by atoms with Crippen molar-refractivity contribution in [1.29, 1.82) is 0 Å². The van der Waals surface area contributed by atoms with Crippen LogP contribution < -0.4 is 5.73 Å². The summed E-state index contributed by atoms with van der Waals surface area (Å²) in [6, 6.07) is 16.1. The predicted molar refractivity (Wildman–Crippen MR) is 85.9 cm³/mol. The quantitative estimate of drug-likeness (QED) is 0.864. The first-order valence-electron chi connectivity index (χ1n) is 5.89. The fourth-order valence-electron chi connectivity index (χ4n) is 2.34. The second-order valence-corrected chi connectivity index (χ2v) is 4.89. The summed E-state index contributed by atoms with van der Waals surface area (Å²) in [5.74, 6) is 0.689. The number of aliphatic imine (C=N–C) groups is 1. The van der Waals surface area contributed by atoms with Gasteiger partial charge < -0.3 is 11.2 Å². The largest absolute Gasteiger partial charge is 0.412 e. The third-order valence-corrected chi connectivity index (χ3v) is 3.45. The number of hydrogen-bond donors (Lipinski definition) is 1. The molecule has 1 unspecified atom stereocenters. The van der Waals surface area contributed by atoms with Gasteiger partial charge >= 0.3 is 0 Å². The minimum Gasteiger partial charge on any atom is -0.412 e. The van der Waals surface area contributed by atoms with Crippen molar-refractivity contribution in [1.82, 2.24) is 0 Å². The second kappa shape index (κ2) is 6.75. The molecule has 0 saturated carbocycles. The minimum absolute atomic E-state index is 0. The Morgan fingerprint density at radius 2 is 1.70 bits per heavy atom. The highest BCUT2D eigenvalue weighted by Crippen LogP contribution is 2.32. The fraction of sp³-hybridized carbons (Fsp3) is 0.133. The van der Waals surface area contributed by atoms with Gasteiger partial charge in [0.25, 0.3) is 0 Å². The highest BCUT2D eigenvalue weighted by molar-refractivity contribution is 6.30. The van der Waals surface area contributed by atoms with Crippen LogP contribution in [0.5, 0.6) is 0 Å². The molecule has 3 rings (SSSR count). The molecule has 5 heteroatoms. The Bertz CT molecular complexity index is 612. The van der Waals surface area contributed by atoms with Crippen molar-refractivity contribution in [3.05, 3.63) is 70.2 Å². The van der Waals surface area contributed by atoms with E-state index in [0.717, 1.165) is 17.0 Å². The molecule has 0 fully saturated rings. The summed E-state index contributed by atoms with van der Waals surface area (Å²) in [6.07, 6.45) is 0.736. The summed E-state index contributed by atoms with van der Waals surface area (Å²) in [7, 11) is 0. The first-order chi connectivity index (χ1) is 8.74. The molecule has 0 radical (unpaired) electrons. The predicted octanol–water partition coefficient (Wildman–Crippen LogP) is 2.94. The maximum Gasteiger partial charge on any atom is 0.102 e. The molecule has 1 aliphatic heterocycles. The molecule has 20 heavy (non-hydrogen) atoms. The maximum absolute atomic E-state index is 5.93. The zero-order chi connectivity index (χ0) is 12.5. The van der Waals surface area contributed by atoms with E-state index in [1.807, 2.05) is 36.4 Å². The zero-order valence-electron chi connectivity index (χ0n) is 10.7. The third-order valence-electron chi connectivity index (χ3n) is 3.20. The number of benzene rings is 2. The number of halogens is 2. The van der Waals surface area contributed by atoms with Crippen molar-refractivity contribution in [2.24, 2.45) is 10.7 Å². The maximum atomic E-state index is 5.93. The van der Waals surface area contributed by atoms with Crippen LogP contribution in [0.1, 0.15) is 22.7 Å². The third kappa shape index (κ3) is 3.12. The molecular formula is C15H16Cl2N2O. The first-order valence-corrected chi connectivity index (χ1v) is 6.27. The van der Waals surface area contributed by atoms with Crippen molar-refractivity contribution in [3.8, 4) is 0 Å². The van der Waals surface area contributed by atoms with Gasteiger partial charge in [0.15, 0.2) is 0 Å². The standard InChI is InChI=1S/C15H13ClN2.ClH.H2O/c16-12-7-5-10(6-8-12)15-13-4-2-1-3-11(13)9-14(17)18-15;;/h1-8,15H,9H2,(H2,17,18);1H;1H2. The van der Waals surface area contributed by atoms with E-state index in [2.05, 4.69) is 17.1 Å². The molecule has 0 spiro atoms. The fourth-order valence-corrected chi connectivity index (χ4v) is 2.46. The summed E-state index contributed by atoms with van der Waals surface area (Å²) >= 11 is 5.92. The normalized spacial score (nSPS) is 16.2. The first kappa shape index (κ1) is 16.5. The van der Waals surface area contributed by atoms with Gasteiger partial charge in [-0.05, 0) is 28.8 Å². The lowest BCUT2D eigenvalue weighted by molar-refractivity contribution is 0.824. The van der Waals surface area contributed by atoms with Gasteiger partial charge in [-0.2, -0.15) is 0 Å². The zero-order valence-corrected chi connectivity index (χ0v) is 12.3. The van der Waals surface area contributed by atoms with Crippen LogP contribution in [0.25, 0.3) is 0 Å². The van der Waals surface area contributed by atoms with Gasteiger partial charge in [-0.1, -0.05) is 48.0 Å². The monoisotopic (exact) mass is 310 g/mol. The minimum atomic E-state index is -0.00721. The molecule has 1 heterocycles. The topological polar surface area (TPSA) is 69.9 Å². The van der Waals surface area contributed by atoms with Crippen molar-refractivity contribution in [2.45, 2.75) is 12.5 Å². The van der Waals surface area contributed by atoms with Gasteiger partial charge in [0.1, 0.15) is 6.04 Å². The molecule has 0 amide bonds. The molecular weight excluding hydrogens is 295 g/mol. The van der Waals surface area contributed by atoms with Gasteiger partial charge in [0, 0.05) is 11.4 Å². The average Bonchev–Trinajstić information content (AvgIpc) is 2.38. The number of fused-ring (bicyclic) bond motifs is 1. The highest BCUT2D eigenvalue weighted by Gasteiger charge is 2.21. The van der Waals surface area contributed by atoms with Crippen LogP contribution >= 0.6 is 24.0 Å². The van der Waals surface area contributed by atoms with E-state index in [9.17, 15) is 0 Å². The molecule has 4 N–H and O–H groups in total. The summed E-state index contributed by atoms with van der Waals surface area (Å²) in [6.45, 7) is 0. The number of amidine groups is 1. The Kier molecular flexibility index (Phi) is 5.57. The molecule has 1 atom stereocenters. The number of hydrogen-bond acceptors (Lipinski definition) is 2. The number of nitrogens with zero attached hydrogens (tertiary/aromatic N) is 1. The van der Waals surface area contributed by atoms with Crippen LogP contribution in [-0.4, -0.2) is 11.3 Å². The Morgan fingerprint density at radius 1 is 1.05 bits per heavy atom. The molecule has 0 aliphatic carbocycles. The molecule has 0 saturated heterocycles. The van der Waals surface area contributed by atoms with Crippen LogP contribution in [0.4, 0.5) is 0 Å². The molecule has 1 aliphatic rings. The molecule has 106 valence electrons. The van der Waals surface area contributed by atoms with Crippen LogP contribution in [-0.2, 0) is 6.42 Å². The lowest BCUT2D eigenvalue weighted by atomic mass is 9.91. The summed E-state index contributed by atoms with van der Waals surface area (Å²) in [5, 5.41) is 0.736. The van der Waals surface area contributed by atoms with Gasteiger partial charge in [-0.3, -0.25) is 4.99 Å². The number of nitrogens with two attached hydrogens (primary N) is 1. The Balaban J connectivity index is 0.000001000. The van der Waals surface area contributed by atoms with Crippen molar-refractivity contribution < 1.29 is 5.48 Å². The summed E-state index contributed by atoms with van der Waals surface area (Å²) < 4.78 is 0. The lowest BCUT2D eigenvalue weighted by Crippen LogP contribution is -2.22. The van der Waals surface area contributed by atoms with Crippen LogP contribution in [0.2, 0.25) is 5.02 Å². The van der Waals surface area contributed by atoms with Gasteiger partial charge in [0.05, 0.1) is 5.84 Å². The lowest BCUT2D eigenvalue weighted by Gasteiger charge is -2.22. The average molecular weight is 311 g/mol. The molecule has 0 bridgehead atoms. The van der Waals surface area contributed by atoms with E-state index < -0.39 is 0 Å². The van der Waals surface area contributed by atoms with Gasteiger partial charge in [-0.25, -0.2) is 0 Å². The molecule has 2 aromatic carbocycles. The van der Waals surface area contributed by atoms with E-state index in [-0.39, 0.29) is 23.9 Å². The van der Waals surface area contributed by atoms with E-state index in [1.165, 1.54) is 11.1 Å². The second-order valence-electron chi connectivity index (χ2n) is 4.45. The Morgan fingerprint density at radius 3 is 2.40 bits per heavy atom.